The normalized spacial score (nSPS) is 27.9. The molecule has 1 saturated heterocycles. The predicted molar refractivity (Wildman–Crippen MR) is 178 cm³/mol. The lowest BCUT2D eigenvalue weighted by Crippen LogP contribution is -2.63. The fourth-order valence-corrected chi connectivity index (χ4v) is 6.41. The van der Waals surface area contributed by atoms with Gasteiger partial charge in [0, 0.05) is 33.1 Å². The molecule has 1 aliphatic heterocycles. The van der Waals surface area contributed by atoms with Crippen molar-refractivity contribution in [2.45, 2.75) is 135 Å². The molecule has 0 unspecified atom stereocenters. The number of aliphatic hydroxyl groups is 1. The first kappa shape index (κ1) is 41.3. The van der Waals surface area contributed by atoms with E-state index in [0.717, 1.165) is 19.3 Å². The second-order valence-electron chi connectivity index (χ2n) is 13.9. The van der Waals surface area contributed by atoms with Gasteiger partial charge in [-0.1, -0.05) is 46.5 Å². The van der Waals surface area contributed by atoms with Crippen molar-refractivity contribution in [3.05, 3.63) is 0 Å². The fraction of sp³-hybridized carbons (Fsp3) is 0.848. The highest BCUT2D eigenvalue weighted by molar-refractivity contribution is 5.96. The third kappa shape index (κ3) is 12.2. The lowest BCUT2D eigenvalue weighted by Gasteiger charge is -2.38. The highest BCUT2D eigenvalue weighted by Gasteiger charge is 2.40. The highest BCUT2D eigenvalue weighted by atomic mass is 19.3. The summed E-state index contributed by atoms with van der Waals surface area (Å²) in [7, 11) is 1.46. The van der Waals surface area contributed by atoms with E-state index < -0.39 is 78.3 Å². The minimum atomic E-state index is -3.13. The van der Waals surface area contributed by atoms with Gasteiger partial charge < -0.3 is 37.0 Å². The maximum absolute atomic E-state index is 15.1. The summed E-state index contributed by atoms with van der Waals surface area (Å²) in [6.07, 6.45) is 3.34. The van der Waals surface area contributed by atoms with Crippen molar-refractivity contribution in [1.82, 2.24) is 31.1 Å². The molecule has 13 nitrogen and oxygen atoms in total. The van der Waals surface area contributed by atoms with E-state index in [9.17, 15) is 29.1 Å². The fourth-order valence-electron chi connectivity index (χ4n) is 6.41. The van der Waals surface area contributed by atoms with Crippen molar-refractivity contribution >= 4 is 29.5 Å². The second-order valence-corrected chi connectivity index (χ2v) is 13.9. The van der Waals surface area contributed by atoms with Crippen LogP contribution in [0.1, 0.15) is 92.4 Å². The first-order chi connectivity index (χ1) is 22.5. The van der Waals surface area contributed by atoms with E-state index in [1.807, 2.05) is 13.8 Å². The summed E-state index contributed by atoms with van der Waals surface area (Å²) in [4.78, 5) is 70.7. The van der Waals surface area contributed by atoms with Crippen LogP contribution in [0.2, 0.25) is 0 Å². The molecule has 2 fully saturated rings. The molecule has 1 saturated carbocycles. The van der Waals surface area contributed by atoms with Crippen LogP contribution >= 0.6 is 0 Å². The standard InChI is InChI=1S/C33H59F2N7O6/c1-7-8-14-33(34,35)19-42-16-15-37-30(46)26(22(5)43)39-28(44)24(18-36)38-31(47)27(23-12-10-9-11-13-23)40-29(45)25(17-20(2)3)41(6)32(48)21(42)4/h20-27,43H,7-19,36H2,1-6H3,(H,37,46)(H,38,47)(H,39,44)(H,40,45)/t21-,22-,24-,25-,26-,27-/m0/s1. The largest absolute Gasteiger partial charge is 0.391 e. The zero-order valence-electron chi connectivity index (χ0n) is 29.5. The molecule has 0 spiro atoms. The Kier molecular flexibility index (Phi) is 16.6. The quantitative estimate of drug-likeness (QED) is 0.195. The number of unbranched alkanes of at least 4 members (excludes halogenated alkanes) is 1. The van der Waals surface area contributed by atoms with Crippen LogP contribution < -0.4 is 27.0 Å². The molecular weight excluding hydrogens is 628 g/mol. The van der Waals surface area contributed by atoms with Gasteiger partial charge in [0.25, 0.3) is 5.92 Å². The number of nitrogens with two attached hydrogens (primary N) is 1. The zero-order valence-corrected chi connectivity index (χ0v) is 29.5. The Bertz CT molecular complexity index is 1090. The third-order valence-corrected chi connectivity index (χ3v) is 9.38. The Morgan fingerprint density at radius 3 is 2.17 bits per heavy atom. The third-order valence-electron chi connectivity index (χ3n) is 9.38. The summed E-state index contributed by atoms with van der Waals surface area (Å²) < 4.78 is 30.3. The van der Waals surface area contributed by atoms with E-state index in [1.165, 1.54) is 30.7 Å². The van der Waals surface area contributed by atoms with Crippen molar-refractivity contribution in [3.63, 3.8) is 0 Å². The van der Waals surface area contributed by atoms with Crippen LogP contribution in [0.3, 0.4) is 0 Å². The molecule has 0 radical (unpaired) electrons. The van der Waals surface area contributed by atoms with Crippen molar-refractivity contribution in [2.24, 2.45) is 17.6 Å². The summed E-state index contributed by atoms with van der Waals surface area (Å²) in [6.45, 7) is 6.95. The number of rotatable bonds is 10. The number of carbonyl (C=O) groups excluding carboxylic acids is 5. The van der Waals surface area contributed by atoms with Crippen LogP contribution in [0.15, 0.2) is 0 Å². The smallest absolute Gasteiger partial charge is 0.260 e. The van der Waals surface area contributed by atoms with Crippen molar-refractivity contribution in [1.29, 1.82) is 0 Å². The number of alkyl halides is 2. The van der Waals surface area contributed by atoms with Gasteiger partial charge in [0.2, 0.25) is 29.5 Å². The van der Waals surface area contributed by atoms with Gasteiger partial charge in [-0.15, -0.1) is 0 Å². The maximum atomic E-state index is 15.1. The summed E-state index contributed by atoms with van der Waals surface area (Å²) in [6, 6.07) is -5.89. The van der Waals surface area contributed by atoms with Crippen molar-refractivity contribution in [3.8, 4) is 0 Å². The number of likely N-dealkylation sites (N-methyl/N-ethyl adjacent to an activating group) is 1. The minimum absolute atomic E-state index is 0.0389. The Labute approximate surface area is 283 Å². The Morgan fingerprint density at radius 1 is 0.958 bits per heavy atom. The average Bonchev–Trinajstić information content (AvgIpc) is 3.04. The molecule has 276 valence electrons. The van der Waals surface area contributed by atoms with E-state index in [2.05, 4.69) is 21.3 Å². The summed E-state index contributed by atoms with van der Waals surface area (Å²) >= 11 is 0. The summed E-state index contributed by atoms with van der Waals surface area (Å²) in [5.41, 5.74) is 5.87. The molecular formula is C33H59F2N7O6. The van der Waals surface area contributed by atoms with Gasteiger partial charge in [-0.25, -0.2) is 8.78 Å². The van der Waals surface area contributed by atoms with Gasteiger partial charge in [-0.05, 0) is 51.4 Å². The molecule has 2 rings (SSSR count). The molecule has 2 aliphatic rings. The number of nitrogens with zero attached hydrogens (tertiary/aromatic N) is 2. The number of amides is 5. The summed E-state index contributed by atoms with van der Waals surface area (Å²) in [5.74, 6) is -6.76. The molecule has 1 aliphatic carbocycles. The van der Waals surface area contributed by atoms with Crippen LogP contribution in [0.25, 0.3) is 0 Å². The number of hydrogen-bond donors (Lipinski definition) is 6. The number of hydrogen-bond acceptors (Lipinski definition) is 8. The lowest BCUT2D eigenvalue weighted by atomic mass is 9.83. The highest BCUT2D eigenvalue weighted by Crippen LogP contribution is 2.28. The van der Waals surface area contributed by atoms with Gasteiger partial charge in [0.1, 0.15) is 24.2 Å². The van der Waals surface area contributed by atoms with E-state index in [1.54, 1.807) is 6.92 Å². The van der Waals surface area contributed by atoms with Crippen LogP contribution in [-0.2, 0) is 24.0 Å². The first-order valence-corrected chi connectivity index (χ1v) is 17.5. The van der Waals surface area contributed by atoms with Crippen LogP contribution in [0.4, 0.5) is 8.78 Å². The maximum Gasteiger partial charge on any atom is 0.260 e. The second kappa shape index (κ2) is 19.3. The molecule has 6 atom stereocenters. The van der Waals surface area contributed by atoms with E-state index in [0.29, 0.717) is 19.3 Å². The SMILES string of the molecule is CCCCC(F)(F)CN1CCNC(=O)[C@H]([C@H](C)O)NC(=O)[C@H](CN)NC(=O)[C@H](C2CCCCC2)NC(=O)[C@H](CC(C)C)N(C)C(=O)[C@@H]1C. The number of nitrogens with one attached hydrogen (secondary N) is 4. The molecule has 15 heteroatoms. The number of carbonyl (C=O) groups is 5. The molecule has 0 bridgehead atoms. The van der Waals surface area contributed by atoms with Gasteiger partial charge in [-0.2, -0.15) is 0 Å². The Morgan fingerprint density at radius 2 is 1.60 bits per heavy atom. The van der Waals surface area contributed by atoms with Crippen LogP contribution in [0, 0.1) is 11.8 Å². The molecule has 0 aromatic carbocycles. The number of halogens is 2. The van der Waals surface area contributed by atoms with Crippen molar-refractivity contribution in [2.75, 3.05) is 33.2 Å². The first-order valence-electron chi connectivity index (χ1n) is 17.5. The van der Waals surface area contributed by atoms with Crippen LogP contribution in [-0.4, -0.2) is 120 Å². The molecule has 0 aromatic heterocycles. The summed E-state index contributed by atoms with van der Waals surface area (Å²) in [5, 5.41) is 20.9. The van der Waals surface area contributed by atoms with Gasteiger partial charge >= 0.3 is 0 Å². The van der Waals surface area contributed by atoms with E-state index >= 15 is 8.78 Å². The molecule has 7 N–H and O–H groups in total. The van der Waals surface area contributed by atoms with Gasteiger partial charge in [0.05, 0.1) is 18.7 Å². The Hall–Kier alpha value is -2.91. The lowest BCUT2D eigenvalue weighted by molar-refractivity contribution is -0.146. The monoisotopic (exact) mass is 687 g/mol. The predicted octanol–water partition coefficient (Wildman–Crippen LogP) is 0.880. The molecule has 0 aromatic rings. The molecule has 48 heavy (non-hydrogen) atoms. The van der Waals surface area contributed by atoms with E-state index in [4.69, 9.17) is 5.73 Å². The minimum Gasteiger partial charge on any atom is -0.391 e. The van der Waals surface area contributed by atoms with Gasteiger partial charge in [-0.3, -0.25) is 28.9 Å². The van der Waals surface area contributed by atoms with Crippen LogP contribution in [0.5, 0.6) is 0 Å². The van der Waals surface area contributed by atoms with E-state index in [-0.39, 0.29) is 50.7 Å². The topological polar surface area (TPSA) is 186 Å². The Balaban J connectivity index is 2.58. The van der Waals surface area contributed by atoms with Crippen molar-refractivity contribution < 1.29 is 37.9 Å². The number of aliphatic hydroxyl groups excluding tert-OH is 1. The average molecular weight is 688 g/mol. The molecule has 1 heterocycles. The van der Waals surface area contributed by atoms with Gasteiger partial charge in [0.15, 0.2) is 0 Å². The zero-order chi connectivity index (χ0) is 36.2. The molecule has 5 amide bonds.